The summed E-state index contributed by atoms with van der Waals surface area (Å²) >= 11 is 0. The number of hydrogen-bond acceptors (Lipinski definition) is 2. The molecule has 0 bridgehead atoms. The maximum Gasteiger partial charge on any atom is 0.311 e. The molecule has 0 aliphatic carbocycles. The lowest BCUT2D eigenvalue weighted by Crippen LogP contribution is -2.28. The molecule has 58 valence electrons. The maximum atomic E-state index is 10.5. The zero-order valence-electron chi connectivity index (χ0n) is 5.76. The smallest absolute Gasteiger partial charge is 0.311 e. The fourth-order valence-electron chi connectivity index (χ4n) is 0.983. The molecule has 1 saturated heterocycles. The largest absolute Gasteiger partial charge is 0.481 e. The summed E-state index contributed by atoms with van der Waals surface area (Å²) in [4.78, 5) is 10.5. The average molecular weight is 161 g/mol. The summed E-state index contributed by atoms with van der Waals surface area (Å²) in [5, 5.41) is 11.7. The van der Waals surface area contributed by atoms with E-state index >= 15 is 0 Å². The van der Waals surface area contributed by atoms with E-state index in [4.69, 9.17) is 5.11 Å². The Labute approximate surface area is 62.0 Å². The molecule has 1 aliphatic heterocycles. The molecule has 2 atom stereocenters. The molecule has 3 nitrogen and oxygen atoms in total. The minimum Gasteiger partial charge on any atom is -0.481 e. The van der Waals surface area contributed by atoms with Gasteiger partial charge in [-0.3, -0.25) is 4.79 Å². The monoisotopic (exact) mass is 161 g/mol. The number of carbonyl (C=O) groups is 1. The number of rotatable bonds is 1. The van der Waals surface area contributed by atoms with Crippen molar-refractivity contribution in [2.45, 2.75) is 12.1 Å². The summed E-state index contributed by atoms with van der Waals surface area (Å²) in [5.74, 6) is -0.646. The lowest BCUT2D eigenvalue weighted by molar-refractivity contribution is -0.136. The molecule has 0 saturated carbocycles. The summed E-state index contributed by atoms with van der Waals surface area (Å²) in [5.41, 5.74) is -0.123. The third-order valence-electron chi connectivity index (χ3n) is 1.57. The van der Waals surface area contributed by atoms with Crippen molar-refractivity contribution in [3.63, 3.8) is 0 Å². The predicted molar refractivity (Wildman–Crippen MR) is 42.1 cm³/mol. The van der Waals surface area contributed by atoms with E-state index in [1.165, 1.54) is 0 Å². The van der Waals surface area contributed by atoms with E-state index in [1.807, 2.05) is 0 Å². The van der Waals surface area contributed by atoms with Crippen LogP contribution in [0.5, 0.6) is 0 Å². The van der Waals surface area contributed by atoms with E-state index in [2.05, 4.69) is 5.32 Å². The third-order valence-corrected chi connectivity index (χ3v) is 3.15. The Morgan fingerprint density at radius 2 is 2.50 bits per heavy atom. The van der Waals surface area contributed by atoms with Gasteiger partial charge in [0.15, 0.2) is 0 Å². The van der Waals surface area contributed by atoms with Crippen LogP contribution in [0.1, 0.15) is 6.42 Å². The molecular formula is C6H12NO2P. The van der Waals surface area contributed by atoms with Crippen LogP contribution in [0.4, 0.5) is 0 Å². The van der Waals surface area contributed by atoms with Crippen molar-refractivity contribution in [3.8, 4) is 0 Å². The minimum atomic E-state index is -0.646. The molecule has 2 unspecified atom stereocenters. The lowest BCUT2D eigenvalue weighted by atomic mass is 10.4. The van der Waals surface area contributed by atoms with Crippen molar-refractivity contribution in [2.24, 2.45) is 0 Å². The topological polar surface area (TPSA) is 49.3 Å². The normalized spacial score (nSPS) is 29.8. The second-order valence-electron chi connectivity index (χ2n) is 2.40. The van der Waals surface area contributed by atoms with E-state index in [1.54, 1.807) is 0 Å². The molecule has 10 heavy (non-hydrogen) atoms. The predicted octanol–water partition coefficient (Wildman–Crippen LogP) is 0.111. The molecule has 2 N–H and O–H groups in total. The van der Waals surface area contributed by atoms with Crippen LogP contribution >= 0.6 is 8.58 Å². The van der Waals surface area contributed by atoms with Gasteiger partial charge in [-0.05, 0) is 19.1 Å². The Balaban J connectivity index is 2.35. The van der Waals surface area contributed by atoms with Crippen molar-refractivity contribution in [3.05, 3.63) is 0 Å². The Hall–Kier alpha value is -0.140. The van der Waals surface area contributed by atoms with Gasteiger partial charge in [0, 0.05) is 6.54 Å². The highest BCUT2D eigenvalue weighted by Gasteiger charge is 2.17. The number of carboxylic acid groups (broad SMARTS) is 1. The minimum absolute atomic E-state index is 0.123. The van der Waals surface area contributed by atoms with Crippen LogP contribution in [0.2, 0.25) is 0 Å². The number of hydrogen-bond donors (Lipinski definition) is 2. The van der Waals surface area contributed by atoms with Gasteiger partial charge in [0.25, 0.3) is 0 Å². The average Bonchev–Trinajstić information content (AvgIpc) is 2.12. The molecule has 1 aliphatic rings. The Morgan fingerprint density at radius 3 is 3.20 bits per heavy atom. The zero-order valence-corrected chi connectivity index (χ0v) is 6.76. The second-order valence-corrected chi connectivity index (χ2v) is 4.01. The fourth-order valence-corrected chi connectivity index (χ4v) is 2.18. The van der Waals surface area contributed by atoms with Gasteiger partial charge in [-0.1, -0.05) is 0 Å². The molecule has 0 aromatic carbocycles. The highest BCUT2D eigenvalue weighted by molar-refractivity contribution is 7.40. The molecule has 1 rings (SSSR count). The zero-order chi connectivity index (χ0) is 7.40. The Bertz CT molecular complexity index is 121. The number of carboxylic acids is 1. The Kier molecular flexibility index (Phi) is 3.10. The van der Waals surface area contributed by atoms with Crippen molar-refractivity contribution in [1.82, 2.24) is 5.32 Å². The molecule has 0 aromatic rings. The first-order valence-electron chi connectivity index (χ1n) is 3.47. The molecular weight excluding hydrogens is 149 g/mol. The van der Waals surface area contributed by atoms with Crippen LogP contribution < -0.4 is 5.32 Å². The van der Waals surface area contributed by atoms with Gasteiger partial charge in [-0.2, -0.15) is 0 Å². The summed E-state index contributed by atoms with van der Waals surface area (Å²) < 4.78 is 0. The van der Waals surface area contributed by atoms with Gasteiger partial charge in [0.2, 0.25) is 0 Å². The van der Waals surface area contributed by atoms with E-state index in [0.717, 1.165) is 19.1 Å². The quantitative estimate of drug-likeness (QED) is 0.537. The van der Waals surface area contributed by atoms with E-state index in [-0.39, 0.29) is 5.66 Å². The van der Waals surface area contributed by atoms with Crippen LogP contribution in [0, 0.1) is 0 Å². The summed E-state index contributed by atoms with van der Waals surface area (Å²) in [6.45, 7) is 1.64. The summed E-state index contributed by atoms with van der Waals surface area (Å²) in [6.07, 6.45) is 2.20. The molecule has 0 aromatic heterocycles. The highest BCUT2D eigenvalue weighted by atomic mass is 31.1. The molecule has 1 fully saturated rings. The SMILES string of the molecule is O=C(O)C1CNCCCP1. The van der Waals surface area contributed by atoms with Gasteiger partial charge in [-0.25, -0.2) is 0 Å². The standard InChI is InChI=1S/C6H12NO2P/c8-6(9)5-4-7-2-1-3-10-5/h5,7,10H,1-4H2,(H,8,9). The van der Waals surface area contributed by atoms with Gasteiger partial charge >= 0.3 is 5.97 Å². The van der Waals surface area contributed by atoms with Crippen molar-refractivity contribution < 1.29 is 9.90 Å². The summed E-state index contributed by atoms with van der Waals surface area (Å²) in [6, 6.07) is 0. The van der Waals surface area contributed by atoms with E-state index in [0.29, 0.717) is 15.1 Å². The number of nitrogens with one attached hydrogen (secondary N) is 1. The maximum absolute atomic E-state index is 10.5. The molecule has 4 heteroatoms. The second kappa shape index (κ2) is 3.89. The summed E-state index contributed by atoms with van der Waals surface area (Å²) in [7, 11) is 0.604. The highest BCUT2D eigenvalue weighted by Crippen LogP contribution is 2.21. The Morgan fingerprint density at radius 1 is 1.70 bits per heavy atom. The van der Waals surface area contributed by atoms with Crippen molar-refractivity contribution >= 4 is 14.6 Å². The first-order valence-corrected chi connectivity index (χ1v) is 4.76. The van der Waals surface area contributed by atoms with Crippen LogP contribution in [0.15, 0.2) is 0 Å². The van der Waals surface area contributed by atoms with Crippen LogP contribution in [0.3, 0.4) is 0 Å². The van der Waals surface area contributed by atoms with Gasteiger partial charge in [-0.15, -0.1) is 8.58 Å². The fraction of sp³-hybridized carbons (Fsp3) is 0.833. The first-order chi connectivity index (χ1) is 4.80. The van der Waals surface area contributed by atoms with Gasteiger partial charge < -0.3 is 10.4 Å². The lowest BCUT2D eigenvalue weighted by Gasteiger charge is -2.06. The first kappa shape index (κ1) is 7.96. The van der Waals surface area contributed by atoms with Crippen LogP contribution in [-0.4, -0.2) is 36.0 Å². The number of aliphatic carboxylic acids is 1. The van der Waals surface area contributed by atoms with Crippen LogP contribution in [0.25, 0.3) is 0 Å². The van der Waals surface area contributed by atoms with Crippen molar-refractivity contribution in [2.75, 3.05) is 19.3 Å². The molecule has 0 spiro atoms. The van der Waals surface area contributed by atoms with Crippen LogP contribution in [-0.2, 0) is 4.79 Å². The molecule has 1 heterocycles. The molecule has 0 amide bonds. The van der Waals surface area contributed by atoms with Crippen molar-refractivity contribution in [1.29, 1.82) is 0 Å². The third kappa shape index (κ3) is 2.24. The van der Waals surface area contributed by atoms with Gasteiger partial charge in [0.05, 0.1) is 5.66 Å². The van der Waals surface area contributed by atoms with Gasteiger partial charge in [0.1, 0.15) is 0 Å². The van der Waals surface area contributed by atoms with E-state index in [9.17, 15) is 4.79 Å². The van der Waals surface area contributed by atoms with E-state index < -0.39 is 5.97 Å². The molecule has 0 radical (unpaired) electrons.